The number of hydrogen-bond donors (Lipinski definition) is 2. The van der Waals surface area contributed by atoms with Crippen LogP contribution in [-0.4, -0.2) is 18.7 Å². The fourth-order valence-corrected chi connectivity index (χ4v) is 1.29. The van der Waals surface area contributed by atoms with Gasteiger partial charge in [-0.1, -0.05) is 12.1 Å². The van der Waals surface area contributed by atoms with E-state index in [1.165, 1.54) is 6.07 Å². The monoisotopic (exact) mass is 183 g/mol. The second-order valence-electron chi connectivity index (χ2n) is 3.03. The van der Waals surface area contributed by atoms with E-state index in [9.17, 15) is 9.50 Å². The van der Waals surface area contributed by atoms with Crippen LogP contribution in [0.2, 0.25) is 0 Å². The van der Waals surface area contributed by atoms with Crippen LogP contribution in [0.15, 0.2) is 18.2 Å². The lowest BCUT2D eigenvalue weighted by molar-refractivity contribution is 0.176. The Morgan fingerprint density at radius 3 is 2.85 bits per heavy atom. The third-order valence-corrected chi connectivity index (χ3v) is 2.07. The highest BCUT2D eigenvalue weighted by molar-refractivity contribution is 5.29. The average molecular weight is 183 g/mol. The van der Waals surface area contributed by atoms with Gasteiger partial charge in [0, 0.05) is 6.54 Å². The molecule has 1 rings (SSSR count). The second kappa shape index (κ2) is 4.35. The first-order chi connectivity index (χ1) is 6.16. The van der Waals surface area contributed by atoms with Gasteiger partial charge in [-0.15, -0.1) is 0 Å². The Hall–Kier alpha value is -0.930. The smallest absolute Gasteiger partial charge is 0.126 e. The van der Waals surface area contributed by atoms with Crippen LogP contribution in [0.3, 0.4) is 0 Å². The highest BCUT2D eigenvalue weighted by Crippen LogP contribution is 2.18. The molecule has 0 aromatic heterocycles. The molecule has 13 heavy (non-hydrogen) atoms. The van der Waals surface area contributed by atoms with Crippen molar-refractivity contribution in [2.45, 2.75) is 13.0 Å². The highest BCUT2D eigenvalue weighted by atomic mass is 19.1. The topological polar surface area (TPSA) is 32.3 Å². The van der Waals surface area contributed by atoms with Crippen molar-refractivity contribution in [2.75, 3.05) is 13.6 Å². The zero-order chi connectivity index (χ0) is 9.84. The molecule has 72 valence electrons. The summed E-state index contributed by atoms with van der Waals surface area (Å²) >= 11 is 0. The van der Waals surface area contributed by atoms with Crippen LogP contribution < -0.4 is 5.32 Å². The molecule has 0 fully saturated rings. The van der Waals surface area contributed by atoms with Gasteiger partial charge in [-0.25, -0.2) is 4.39 Å². The molecule has 1 aromatic rings. The van der Waals surface area contributed by atoms with Crippen LogP contribution in [0.1, 0.15) is 17.2 Å². The number of aliphatic hydroxyl groups excluding tert-OH is 1. The van der Waals surface area contributed by atoms with Gasteiger partial charge in [0.25, 0.3) is 0 Å². The Morgan fingerprint density at radius 2 is 2.23 bits per heavy atom. The predicted octanol–water partition coefficient (Wildman–Crippen LogP) is 1.39. The van der Waals surface area contributed by atoms with Gasteiger partial charge in [0.2, 0.25) is 0 Å². The lowest BCUT2D eigenvalue weighted by atomic mass is 10.0. The van der Waals surface area contributed by atoms with Gasteiger partial charge >= 0.3 is 0 Å². The minimum Gasteiger partial charge on any atom is -0.387 e. The van der Waals surface area contributed by atoms with Crippen LogP contribution in [0.4, 0.5) is 4.39 Å². The van der Waals surface area contributed by atoms with Gasteiger partial charge in [-0.2, -0.15) is 0 Å². The van der Waals surface area contributed by atoms with E-state index in [1.54, 1.807) is 26.1 Å². The summed E-state index contributed by atoms with van der Waals surface area (Å²) in [5.41, 5.74) is 1.17. The molecule has 2 N–H and O–H groups in total. The molecule has 1 atom stereocenters. The maximum absolute atomic E-state index is 13.0. The molecule has 0 aliphatic rings. The standard InChI is InChI=1S/C10H14FNO/c1-7-8(10(13)6-12-2)4-3-5-9(7)11/h3-5,10,12-13H,6H2,1-2H3. The van der Waals surface area contributed by atoms with Gasteiger partial charge in [0.15, 0.2) is 0 Å². The Bertz CT molecular complexity index is 288. The maximum Gasteiger partial charge on any atom is 0.126 e. The lowest BCUT2D eigenvalue weighted by Crippen LogP contribution is -2.17. The first kappa shape index (κ1) is 10.2. The number of likely N-dealkylation sites (N-methyl/N-ethyl adjacent to an activating group) is 1. The van der Waals surface area contributed by atoms with Crippen molar-refractivity contribution in [1.29, 1.82) is 0 Å². The zero-order valence-electron chi connectivity index (χ0n) is 7.84. The van der Waals surface area contributed by atoms with Crippen molar-refractivity contribution in [1.82, 2.24) is 5.32 Å². The van der Waals surface area contributed by atoms with Crippen molar-refractivity contribution in [3.63, 3.8) is 0 Å². The first-order valence-corrected chi connectivity index (χ1v) is 4.24. The van der Waals surface area contributed by atoms with E-state index < -0.39 is 6.10 Å². The number of benzene rings is 1. The molecular weight excluding hydrogens is 169 g/mol. The summed E-state index contributed by atoms with van der Waals surface area (Å²) in [5, 5.41) is 12.4. The van der Waals surface area contributed by atoms with E-state index in [4.69, 9.17) is 0 Å². The summed E-state index contributed by atoms with van der Waals surface area (Å²) in [6, 6.07) is 4.74. The summed E-state index contributed by atoms with van der Waals surface area (Å²) in [6.45, 7) is 2.10. The molecule has 0 radical (unpaired) electrons. The first-order valence-electron chi connectivity index (χ1n) is 4.24. The summed E-state index contributed by atoms with van der Waals surface area (Å²) < 4.78 is 13.0. The van der Waals surface area contributed by atoms with Gasteiger partial charge < -0.3 is 10.4 Å². The molecule has 2 nitrogen and oxygen atoms in total. The van der Waals surface area contributed by atoms with Gasteiger partial charge in [0.05, 0.1) is 6.10 Å². The second-order valence-corrected chi connectivity index (χ2v) is 3.03. The molecule has 0 saturated carbocycles. The van der Waals surface area contributed by atoms with E-state index in [-0.39, 0.29) is 5.82 Å². The third kappa shape index (κ3) is 2.26. The molecule has 0 heterocycles. The van der Waals surface area contributed by atoms with Gasteiger partial charge in [-0.3, -0.25) is 0 Å². The highest BCUT2D eigenvalue weighted by Gasteiger charge is 2.11. The van der Waals surface area contributed by atoms with Crippen molar-refractivity contribution >= 4 is 0 Å². The summed E-state index contributed by atoms with van der Waals surface area (Å²) in [6.07, 6.45) is -0.638. The van der Waals surface area contributed by atoms with E-state index >= 15 is 0 Å². The molecule has 0 saturated heterocycles. The maximum atomic E-state index is 13.0. The normalized spacial score (nSPS) is 12.9. The van der Waals surface area contributed by atoms with Crippen LogP contribution in [0.5, 0.6) is 0 Å². The minimum atomic E-state index is -0.638. The number of rotatable bonds is 3. The molecule has 1 aromatic carbocycles. The van der Waals surface area contributed by atoms with Gasteiger partial charge in [0.1, 0.15) is 5.82 Å². The van der Waals surface area contributed by atoms with Crippen molar-refractivity contribution in [3.8, 4) is 0 Å². The summed E-state index contributed by atoms with van der Waals surface area (Å²) in [7, 11) is 1.75. The molecule has 0 aliphatic heterocycles. The molecule has 0 amide bonds. The largest absolute Gasteiger partial charge is 0.387 e. The Balaban J connectivity index is 2.93. The van der Waals surface area contributed by atoms with Gasteiger partial charge in [-0.05, 0) is 31.2 Å². The van der Waals surface area contributed by atoms with Crippen molar-refractivity contribution in [3.05, 3.63) is 35.1 Å². The zero-order valence-corrected chi connectivity index (χ0v) is 7.84. The number of nitrogens with one attached hydrogen (secondary N) is 1. The molecule has 3 heteroatoms. The van der Waals surface area contributed by atoms with Crippen LogP contribution in [0.25, 0.3) is 0 Å². The third-order valence-electron chi connectivity index (χ3n) is 2.07. The van der Waals surface area contributed by atoms with Crippen LogP contribution in [-0.2, 0) is 0 Å². The molecule has 0 spiro atoms. The van der Waals surface area contributed by atoms with Crippen LogP contribution >= 0.6 is 0 Å². The van der Waals surface area contributed by atoms with E-state index in [0.29, 0.717) is 17.7 Å². The Morgan fingerprint density at radius 1 is 1.54 bits per heavy atom. The van der Waals surface area contributed by atoms with E-state index in [0.717, 1.165) is 0 Å². The van der Waals surface area contributed by atoms with E-state index in [2.05, 4.69) is 5.32 Å². The van der Waals surface area contributed by atoms with E-state index in [1.807, 2.05) is 0 Å². The number of hydrogen-bond acceptors (Lipinski definition) is 2. The quantitative estimate of drug-likeness (QED) is 0.742. The predicted molar refractivity (Wildman–Crippen MR) is 50.0 cm³/mol. The fourth-order valence-electron chi connectivity index (χ4n) is 1.29. The fraction of sp³-hybridized carbons (Fsp3) is 0.400. The average Bonchev–Trinajstić information content (AvgIpc) is 2.10. The number of aliphatic hydroxyl groups is 1. The van der Waals surface area contributed by atoms with Crippen molar-refractivity contribution in [2.24, 2.45) is 0 Å². The molecule has 1 unspecified atom stereocenters. The Labute approximate surface area is 77.4 Å². The minimum absolute atomic E-state index is 0.271. The Kier molecular flexibility index (Phi) is 3.39. The van der Waals surface area contributed by atoms with Crippen molar-refractivity contribution < 1.29 is 9.50 Å². The SMILES string of the molecule is CNCC(O)c1cccc(F)c1C. The van der Waals surface area contributed by atoms with Crippen LogP contribution in [0, 0.1) is 12.7 Å². The molecule has 0 bridgehead atoms. The summed E-state index contributed by atoms with van der Waals surface area (Å²) in [5.74, 6) is -0.271. The number of halogens is 1. The molecular formula is C10H14FNO. The summed E-state index contributed by atoms with van der Waals surface area (Å²) in [4.78, 5) is 0. The molecule has 0 aliphatic carbocycles. The lowest BCUT2D eigenvalue weighted by Gasteiger charge is -2.13.